The highest BCUT2D eigenvalue weighted by Gasteiger charge is 2.21. The first-order valence-electron chi connectivity index (χ1n) is 6.74. The standard InChI is InChI=1S/C13H21N3O5S/c1-10-8-12(16(17)18)9-13(11(10)2)22(19,20)15-5-4-14-6-7-21-3/h8-9,14-15H,4-7H2,1-3H3. The molecule has 0 aliphatic rings. The fourth-order valence-corrected chi connectivity index (χ4v) is 3.21. The lowest BCUT2D eigenvalue weighted by Gasteiger charge is -2.11. The van der Waals surface area contributed by atoms with Crippen LogP contribution in [-0.2, 0) is 14.8 Å². The van der Waals surface area contributed by atoms with Crippen molar-refractivity contribution in [3.8, 4) is 0 Å². The van der Waals surface area contributed by atoms with Gasteiger partial charge in [-0.15, -0.1) is 0 Å². The molecule has 0 unspecified atom stereocenters. The average Bonchev–Trinajstić information content (AvgIpc) is 2.45. The zero-order chi connectivity index (χ0) is 16.8. The SMILES string of the molecule is COCCNCCNS(=O)(=O)c1cc([N+](=O)[O-])cc(C)c1C. The number of sulfonamides is 1. The molecule has 0 aromatic heterocycles. The van der Waals surface area contributed by atoms with Crippen LogP contribution in [0, 0.1) is 24.0 Å². The van der Waals surface area contributed by atoms with Gasteiger partial charge in [-0.1, -0.05) is 0 Å². The maximum Gasteiger partial charge on any atom is 0.271 e. The van der Waals surface area contributed by atoms with Gasteiger partial charge in [0.25, 0.3) is 5.69 Å². The van der Waals surface area contributed by atoms with E-state index in [0.717, 1.165) is 6.07 Å². The van der Waals surface area contributed by atoms with E-state index < -0.39 is 14.9 Å². The van der Waals surface area contributed by atoms with Crippen molar-refractivity contribution in [3.05, 3.63) is 33.4 Å². The van der Waals surface area contributed by atoms with Crippen LogP contribution in [0.2, 0.25) is 0 Å². The predicted molar refractivity (Wildman–Crippen MR) is 82.5 cm³/mol. The molecule has 0 atom stereocenters. The van der Waals surface area contributed by atoms with Crippen LogP contribution >= 0.6 is 0 Å². The molecular weight excluding hydrogens is 310 g/mol. The van der Waals surface area contributed by atoms with E-state index in [-0.39, 0.29) is 17.1 Å². The number of aryl methyl sites for hydroxylation is 1. The minimum atomic E-state index is -3.79. The third-order valence-corrected chi connectivity index (χ3v) is 4.77. The Labute approximate surface area is 130 Å². The van der Waals surface area contributed by atoms with E-state index in [1.165, 1.54) is 6.07 Å². The Morgan fingerprint density at radius 1 is 1.23 bits per heavy atom. The zero-order valence-electron chi connectivity index (χ0n) is 12.9. The smallest absolute Gasteiger partial charge is 0.271 e. The largest absolute Gasteiger partial charge is 0.383 e. The number of methoxy groups -OCH3 is 1. The topological polar surface area (TPSA) is 111 Å². The normalized spacial score (nSPS) is 11.6. The third-order valence-electron chi connectivity index (χ3n) is 3.18. The van der Waals surface area contributed by atoms with Crippen LogP contribution in [0.3, 0.4) is 0 Å². The van der Waals surface area contributed by atoms with Gasteiger partial charge in [0.05, 0.1) is 16.4 Å². The fraction of sp³-hybridized carbons (Fsp3) is 0.538. The summed E-state index contributed by atoms with van der Waals surface area (Å²) >= 11 is 0. The molecule has 124 valence electrons. The molecule has 1 aromatic carbocycles. The van der Waals surface area contributed by atoms with Crippen LogP contribution in [0.1, 0.15) is 11.1 Å². The number of benzene rings is 1. The summed E-state index contributed by atoms with van der Waals surface area (Å²) in [6, 6.07) is 2.45. The average molecular weight is 331 g/mol. The number of non-ortho nitro benzene ring substituents is 1. The zero-order valence-corrected chi connectivity index (χ0v) is 13.7. The van der Waals surface area contributed by atoms with E-state index in [2.05, 4.69) is 10.0 Å². The molecule has 0 radical (unpaired) electrons. The lowest BCUT2D eigenvalue weighted by molar-refractivity contribution is -0.385. The minimum Gasteiger partial charge on any atom is -0.383 e. The second-order valence-corrected chi connectivity index (χ2v) is 6.52. The van der Waals surface area contributed by atoms with Crippen molar-refractivity contribution in [2.75, 3.05) is 33.4 Å². The number of nitrogens with zero attached hydrogens (tertiary/aromatic N) is 1. The molecular formula is C13H21N3O5S. The summed E-state index contributed by atoms with van der Waals surface area (Å²) in [5.74, 6) is 0. The summed E-state index contributed by atoms with van der Waals surface area (Å²) in [5.41, 5.74) is 0.833. The predicted octanol–water partition coefficient (Wildman–Crippen LogP) is 0.726. The lowest BCUT2D eigenvalue weighted by atomic mass is 10.1. The highest BCUT2D eigenvalue weighted by atomic mass is 32.2. The van der Waals surface area contributed by atoms with Crippen LogP contribution in [0.5, 0.6) is 0 Å². The highest BCUT2D eigenvalue weighted by molar-refractivity contribution is 7.89. The van der Waals surface area contributed by atoms with Crippen LogP contribution in [0.4, 0.5) is 5.69 Å². The molecule has 0 saturated heterocycles. The van der Waals surface area contributed by atoms with Crippen molar-refractivity contribution in [1.29, 1.82) is 0 Å². The number of ether oxygens (including phenoxy) is 1. The molecule has 0 saturated carbocycles. The summed E-state index contributed by atoms with van der Waals surface area (Å²) in [6.45, 7) is 5.06. The van der Waals surface area contributed by atoms with Gasteiger partial charge in [-0.05, 0) is 25.0 Å². The van der Waals surface area contributed by atoms with Crippen LogP contribution in [0.15, 0.2) is 17.0 Å². The monoisotopic (exact) mass is 331 g/mol. The molecule has 22 heavy (non-hydrogen) atoms. The number of nitrogens with one attached hydrogen (secondary N) is 2. The Balaban J connectivity index is 2.82. The number of hydrogen-bond acceptors (Lipinski definition) is 6. The number of rotatable bonds is 9. The summed E-state index contributed by atoms with van der Waals surface area (Å²) in [5, 5.41) is 13.9. The van der Waals surface area contributed by atoms with Crippen molar-refractivity contribution in [2.24, 2.45) is 0 Å². The molecule has 0 heterocycles. The molecule has 1 aromatic rings. The first kappa shape index (κ1) is 18.5. The molecule has 0 amide bonds. The van der Waals surface area contributed by atoms with Gasteiger partial charge in [0.15, 0.2) is 0 Å². The molecule has 1 rings (SSSR count). The van der Waals surface area contributed by atoms with Crippen molar-refractivity contribution < 1.29 is 18.1 Å². The van der Waals surface area contributed by atoms with E-state index >= 15 is 0 Å². The van der Waals surface area contributed by atoms with Crippen LogP contribution in [0.25, 0.3) is 0 Å². The Morgan fingerprint density at radius 2 is 1.91 bits per heavy atom. The quantitative estimate of drug-likeness (QED) is 0.392. The molecule has 0 bridgehead atoms. The van der Waals surface area contributed by atoms with Gasteiger partial charge >= 0.3 is 0 Å². The fourth-order valence-electron chi connectivity index (χ4n) is 1.84. The van der Waals surface area contributed by atoms with E-state index in [1.54, 1.807) is 21.0 Å². The van der Waals surface area contributed by atoms with Gasteiger partial charge < -0.3 is 10.1 Å². The molecule has 0 aliphatic heterocycles. The summed E-state index contributed by atoms with van der Waals surface area (Å²) in [7, 11) is -2.21. The number of hydrogen-bond donors (Lipinski definition) is 2. The van der Waals surface area contributed by atoms with E-state index in [4.69, 9.17) is 4.74 Å². The van der Waals surface area contributed by atoms with E-state index in [9.17, 15) is 18.5 Å². The van der Waals surface area contributed by atoms with Crippen molar-refractivity contribution in [1.82, 2.24) is 10.0 Å². The second kappa shape index (κ2) is 8.18. The van der Waals surface area contributed by atoms with Gasteiger partial charge in [-0.3, -0.25) is 10.1 Å². The minimum absolute atomic E-state index is 0.0592. The molecule has 0 spiro atoms. The summed E-state index contributed by atoms with van der Waals surface area (Å²) in [4.78, 5) is 10.2. The van der Waals surface area contributed by atoms with Crippen LogP contribution < -0.4 is 10.0 Å². The van der Waals surface area contributed by atoms with Gasteiger partial charge in [-0.25, -0.2) is 13.1 Å². The maximum atomic E-state index is 12.3. The van der Waals surface area contributed by atoms with E-state index in [0.29, 0.717) is 30.8 Å². The summed E-state index contributed by atoms with van der Waals surface area (Å²) < 4.78 is 31.9. The number of nitro groups is 1. The van der Waals surface area contributed by atoms with Crippen molar-refractivity contribution in [3.63, 3.8) is 0 Å². The molecule has 0 fully saturated rings. The molecule has 9 heteroatoms. The first-order chi connectivity index (χ1) is 10.3. The third kappa shape index (κ3) is 5.02. The van der Waals surface area contributed by atoms with Gasteiger partial charge in [0.2, 0.25) is 10.0 Å². The Hall–Kier alpha value is -1.55. The Bertz CT molecular complexity index is 631. The second-order valence-electron chi connectivity index (χ2n) is 4.78. The summed E-state index contributed by atoms with van der Waals surface area (Å²) in [6.07, 6.45) is 0. The van der Waals surface area contributed by atoms with Crippen molar-refractivity contribution >= 4 is 15.7 Å². The van der Waals surface area contributed by atoms with Gasteiger partial charge in [0.1, 0.15) is 0 Å². The Kier molecular flexibility index (Phi) is 6.88. The van der Waals surface area contributed by atoms with Gasteiger partial charge in [0, 0.05) is 38.9 Å². The van der Waals surface area contributed by atoms with Crippen molar-refractivity contribution in [2.45, 2.75) is 18.7 Å². The highest BCUT2D eigenvalue weighted by Crippen LogP contribution is 2.25. The van der Waals surface area contributed by atoms with Gasteiger partial charge in [-0.2, -0.15) is 0 Å². The Morgan fingerprint density at radius 3 is 2.50 bits per heavy atom. The molecule has 2 N–H and O–H groups in total. The molecule has 0 aliphatic carbocycles. The number of nitro benzene ring substituents is 1. The molecule has 8 nitrogen and oxygen atoms in total. The maximum absolute atomic E-state index is 12.3. The van der Waals surface area contributed by atoms with E-state index in [1.807, 2.05) is 0 Å². The van der Waals surface area contributed by atoms with Crippen LogP contribution in [-0.4, -0.2) is 46.7 Å². The lowest BCUT2D eigenvalue weighted by Crippen LogP contribution is -2.33. The first-order valence-corrected chi connectivity index (χ1v) is 8.23.